The molecule has 32 heavy (non-hydrogen) atoms. The molecule has 3 heterocycles. The average molecular weight is 444 g/mol. The SMILES string of the molecule is NN1CC2(CCC(CN3CCN(c4ccc(C5CCC(=O)NC5=O)cc4F)CC3)CC2)C1. The molecule has 0 radical (unpaired) electrons. The molecule has 1 spiro atoms. The van der Waals surface area contributed by atoms with Gasteiger partial charge in [-0.15, -0.1) is 0 Å². The minimum absolute atomic E-state index is 0.251. The number of piperazine rings is 1. The molecule has 2 amide bonds. The Bertz CT molecular complexity index is 869. The summed E-state index contributed by atoms with van der Waals surface area (Å²) in [7, 11) is 0. The van der Waals surface area contributed by atoms with Crippen molar-refractivity contribution in [1.82, 2.24) is 15.2 Å². The van der Waals surface area contributed by atoms with Crippen molar-refractivity contribution in [1.29, 1.82) is 0 Å². The highest BCUT2D eigenvalue weighted by Gasteiger charge is 2.44. The number of amides is 2. The molecule has 5 rings (SSSR count). The maximum Gasteiger partial charge on any atom is 0.234 e. The Kier molecular flexibility index (Phi) is 5.94. The summed E-state index contributed by atoms with van der Waals surface area (Å²) in [6.07, 6.45) is 5.94. The molecule has 1 aromatic carbocycles. The van der Waals surface area contributed by atoms with E-state index in [0.29, 0.717) is 29.5 Å². The third-order valence-corrected chi connectivity index (χ3v) is 8.09. The van der Waals surface area contributed by atoms with Gasteiger partial charge in [0.15, 0.2) is 0 Å². The van der Waals surface area contributed by atoms with Gasteiger partial charge >= 0.3 is 0 Å². The third-order valence-electron chi connectivity index (χ3n) is 8.09. The molecule has 174 valence electrons. The van der Waals surface area contributed by atoms with Crippen LogP contribution in [0.25, 0.3) is 0 Å². The molecule has 1 atom stereocenters. The topological polar surface area (TPSA) is 81.9 Å². The zero-order valence-corrected chi connectivity index (χ0v) is 18.7. The predicted molar refractivity (Wildman–Crippen MR) is 120 cm³/mol. The van der Waals surface area contributed by atoms with Crippen molar-refractivity contribution < 1.29 is 14.0 Å². The third kappa shape index (κ3) is 4.40. The summed E-state index contributed by atoms with van der Waals surface area (Å²) >= 11 is 0. The van der Waals surface area contributed by atoms with Gasteiger partial charge in [-0.25, -0.2) is 9.40 Å². The van der Waals surface area contributed by atoms with Crippen molar-refractivity contribution >= 4 is 17.5 Å². The molecular weight excluding hydrogens is 409 g/mol. The van der Waals surface area contributed by atoms with Crippen molar-refractivity contribution in [2.75, 3.05) is 50.7 Å². The van der Waals surface area contributed by atoms with Crippen LogP contribution in [0.15, 0.2) is 18.2 Å². The molecule has 1 aliphatic carbocycles. The quantitative estimate of drug-likeness (QED) is 0.546. The molecule has 4 fully saturated rings. The van der Waals surface area contributed by atoms with E-state index in [4.69, 9.17) is 5.84 Å². The summed E-state index contributed by atoms with van der Waals surface area (Å²) in [5.41, 5.74) is 1.76. The first-order chi connectivity index (χ1) is 15.4. The molecule has 1 unspecified atom stereocenters. The van der Waals surface area contributed by atoms with Crippen LogP contribution in [-0.4, -0.2) is 67.5 Å². The van der Waals surface area contributed by atoms with Crippen LogP contribution in [0.4, 0.5) is 10.1 Å². The van der Waals surface area contributed by atoms with E-state index in [2.05, 4.69) is 15.1 Å². The first-order valence-corrected chi connectivity index (χ1v) is 12.0. The number of piperidine rings is 1. The fourth-order valence-corrected chi connectivity index (χ4v) is 6.15. The van der Waals surface area contributed by atoms with Gasteiger partial charge in [0.05, 0.1) is 11.6 Å². The summed E-state index contributed by atoms with van der Waals surface area (Å²) in [5.74, 6) is 5.32. The molecule has 4 aliphatic rings. The maximum atomic E-state index is 14.9. The minimum atomic E-state index is -0.449. The maximum absolute atomic E-state index is 14.9. The summed E-state index contributed by atoms with van der Waals surface area (Å²) in [6, 6.07) is 5.11. The van der Waals surface area contributed by atoms with Crippen LogP contribution in [0.2, 0.25) is 0 Å². The van der Waals surface area contributed by atoms with E-state index in [-0.39, 0.29) is 17.6 Å². The number of benzene rings is 1. The number of carbonyl (C=O) groups excluding carboxylic acids is 2. The fourth-order valence-electron chi connectivity index (χ4n) is 6.15. The highest BCUT2D eigenvalue weighted by Crippen LogP contribution is 2.44. The van der Waals surface area contributed by atoms with Gasteiger partial charge in [0.25, 0.3) is 0 Å². The van der Waals surface area contributed by atoms with Crippen molar-refractivity contribution in [2.24, 2.45) is 17.2 Å². The van der Waals surface area contributed by atoms with E-state index < -0.39 is 5.92 Å². The number of hydrazine groups is 1. The number of hydrogen-bond donors (Lipinski definition) is 2. The molecule has 1 saturated carbocycles. The Labute approximate surface area is 189 Å². The molecule has 7 nitrogen and oxygen atoms in total. The largest absolute Gasteiger partial charge is 0.367 e. The Morgan fingerprint density at radius 3 is 2.41 bits per heavy atom. The zero-order chi connectivity index (χ0) is 22.3. The van der Waals surface area contributed by atoms with E-state index in [1.54, 1.807) is 6.07 Å². The molecule has 3 saturated heterocycles. The second-order valence-electron chi connectivity index (χ2n) is 10.4. The number of anilines is 1. The van der Waals surface area contributed by atoms with Crippen LogP contribution in [0.1, 0.15) is 50.0 Å². The van der Waals surface area contributed by atoms with Gasteiger partial charge in [-0.2, -0.15) is 0 Å². The number of imide groups is 1. The van der Waals surface area contributed by atoms with E-state index in [1.807, 2.05) is 11.1 Å². The van der Waals surface area contributed by atoms with Crippen LogP contribution in [0, 0.1) is 17.2 Å². The lowest BCUT2D eigenvalue weighted by atomic mass is 9.66. The van der Waals surface area contributed by atoms with Crippen LogP contribution in [0.5, 0.6) is 0 Å². The standard InChI is InChI=1S/C24H34FN5O2/c25-20-13-18(19-2-4-22(31)27-23(19)32)1-3-21(20)29-11-9-28(10-12-29)14-17-5-7-24(8-6-17)15-30(26)16-24/h1,3,13,17,19H,2,4-12,14-16,26H2,(H,27,31,32). The summed E-state index contributed by atoms with van der Waals surface area (Å²) < 4.78 is 14.9. The highest BCUT2D eigenvalue weighted by atomic mass is 19.1. The number of rotatable bonds is 4. The summed E-state index contributed by atoms with van der Waals surface area (Å²) in [6.45, 7) is 6.80. The van der Waals surface area contributed by atoms with Crippen LogP contribution in [0.3, 0.4) is 0 Å². The van der Waals surface area contributed by atoms with Gasteiger partial charge in [0.1, 0.15) is 5.82 Å². The van der Waals surface area contributed by atoms with Gasteiger partial charge in [0, 0.05) is 52.2 Å². The zero-order valence-electron chi connectivity index (χ0n) is 18.7. The number of halogens is 1. The molecule has 3 N–H and O–H groups in total. The molecule has 0 bridgehead atoms. The van der Waals surface area contributed by atoms with Gasteiger partial charge < -0.3 is 4.90 Å². The molecule has 0 aromatic heterocycles. The number of nitrogens with zero attached hydrogens (tertiary/aromatic N) is 3. The fraction of sp³-hybridized carbons (Fsp3) is 0.667. The minimum Gasteiger partial charge on any atom is -0.367 e. The van der Waals surface area contributed by atoms with Crippen molar-refractivity contribution in [3.05, 3.63) is 29.6 Å². The van der Waals surface area contributed by atoms with Crippen LogP contribution < -0.4 is 16.1 Å². The van der Waals surface area contributed by atoms with Crippen LogP contribution >= 0.6 is 0 Å². The van der Waals surface area contributed by atoms with Crippen LogP contribution in [-0.2, 0) is 9.59 Å². The number of hydrogen-bond acceptors (Lipinski definition) is 6. The second kappa shape index (κ2) is 8.72. The number of carbonyl (C=O) groups is 2. The first kappa shape index (κ1) is 21.8. The van der Waals surface area contributed by atoms with E-state index in [9.17, 15) is 14.0 Å². The lowest BCUT2D eigenvalue weighted by Crippen LogP contribution is -2.60. The monoisotopic (exact) mass is 443 g/mol. The number of nitrogens with two attached hydrogens (primary N) is 1. The van der Waals surface area contributed by atoms with Crippen molar-refractivity contribution in [3.63, 3.8) is 0 Å². The molecule has 8 heteroatoms. The average Bonchev–Trinajstić information content (AvgIpc) is 2.75. The first-order valence-electron chi connectivity index (χ1n) is 12.0. The van der Waals surface area contributed by atoms with Gasteiger partial charge in [-0.05, 0) is 61.1 Å². The Morgan fingerprint density at radius 1 is 1.06 bits per heavy atom. The van der Waals surface area contributed by atoms with E-state index in [0.717, 1.165) is 51.7 Å². The smallest absolute Gasteiger partial charge is 0.234 e. The van der Waals surface area contributed by atoms with E-state index in [1.165, 1.54) is 31.7 Å². The predicted octanol–water partition coefficient (Wildman–Crippen LogP) is 1.83. The number of nitrogens with one attached hydrogen (secondary N) is 1. The second-order valence-corrected chi connectivity index (χ2v) is 10.4. The highest BCUT2D eigenvalue weighted by molar-refractivity contribution is 6.00. The molecular formula is C24H34FN5O2. The molecule has 3 aliphatic heterocycles. The van der Waals surface area contributed by atoms with Crippen molar-refractivity contribution in [2.45, 2.75) is 44.4 Å². The lowest BCUT2D eigenvalue weighted by molar-refractivity contribution is -0.134. The Morgan fingerprint density at radius 2 is 1.78 bits per heavy atom. The summed E-state index contributed by atoms with van der Waals surface area (Å²) in [5, 5.41) is 4.29. The molecule has 1 aromatic rings. The lowest BCUT2D eigenvalue weighted by Gasteiger charge is -2.52. The normalized spacial score (nSPS) is 27.4. The van der Waals surface area contributed by atoms with Crippen molar-refractivity contribution in [3.8, 4) is 0 Å². The Hall–Kier alpha value is -2.03. The van der Waals surface area contributed by atoms with E-state index >= 15 is 0 Å². The van der Waals surface area contributed by atoms with Gasteiger partial charge in [-0.1, -0.05) is 6.07 Å². The summed E-state index contributed by atoms with van der Waals surface area (Å²) in [4.78, 5) is 28.1. The van der Waals surface area contributed by atoms with Gasteiger partial charge in [-0.3, -0.25) is 25.6 Å². The Balaban J connectivity index is 1.12. The van der Waals surface area contributed by atoms with Gasteiger partial charge in [0.2, 0.25) is 11.8 Å².